The van der Waals surface area contributed by atoms with Crippen LogP contribution in [0.15, 0.2) is 158 Å². The first-order valence-corrected chi connectivity index (χ1v) is 28.0. The quantitative estimate of drug-likeness (QED) is 0.149. The van der Waals surface area contributed by atoms with E-state index in [2.05, 4.69) is 15.0 Å². The van der Waals surface area contributed by atoms with Gasteiger partial charge in [0.1, 0.15) is 17.7 Å². The predicted octanol–water partition coefficient (Wildman–Crippen LogP) is 23.0. The summed E-state index contributed by atoms with van der Waals surface area (Å²) >= 11 is 0. The van der Waals surface area contributed by atoms with Gasteiger partial charge < -0.3 is 9.13 Å². The van der Waals surface area contributed by atoms with E-state index in [1.54, 1.807) is 0 Å². The molecule has 0 spiro atoms. The molecule has 30 heteroatoms. The molecule has 98 heavy (non-hydrogen) atoms. The molecule has 0 fully saturated rings. The number of halogens is 24. The van der Waals surface area contributed by atoms with Crippen molar-refractivity contribution in [3.8, 4) is 73.3 Å². The second kappa shape index (κ2) is 22.8. The van der Waals surface area contributed by atoms with Gasteiger partial charge in [-0.05, 0) is 168 Å². The molecular weight excluding hydrogens is 1360 g/mol. The molecule has 12 rings (SSSR count). The van der Waals surface area contributed by atoms with Crippen LogP contribution in [0.25, 0.3) is 111 Å². The van der Waals surface area contributed by atoms with Crippen LogP contribution in [0.2, 0.25) is 0 Å². The zero-order chi connectivity index (χ0) is 71.3. The van der Waals surface area contributed by atoms with Gasteiger partial charge in [0.05, 0.1) is 83.5 Å². The van der Waals surface area contributed by atoms with Crippen molar-refractivity contribution in [1.82, 2.24) is 24.1 Å². The summed E-state index contributed by atoms with van der Waals surface area (Å²) in [4.78, 5) is 13.2. The van der Waals surface area contributed by atoms with Crippen LogP contribution < -0.4 is 0 Å². The second-order valence-corrected chi connectivity index (χ2v) is 22.5. The maximum Gasteiger partial charge on any atom is 0.416 e. The fraction of sp³-hybridized carbons (Fsp3) is 0.147. The average Bonchev–Trinajstić information content (AvgIpc) is 1.56. The number of benzene rings is 9. The molecule has 0 atom stereocenters. The van der Waals surface area contributed by atoms with Crippen LogP contribution >= 0.6 is 0 Å². The predicted molar refractivity (Wildman–Crippen MR) is 310 cm³/mol. The Morgan fingerprint density at radius 2 is 0.510 bits per heavy atom. The molecule has 12 aromatic rings. The molecule has 0 aliphatic heterocycles. The van der Waals surface area contributed by atoms with Crippen LogP contribution in [0, 0.1) is 25.2 Å². The highest BCUT2D eigenvalue weighted by atomic mass is 19.4. The van der Waals surface area contributed by atoms with Crippen LogP contribution in [-0.2, 0) is 49.4 Å². The Hall–Kier alpha value is -10.6. The van der Waals surface area contributed by atoms with E-state index >= 15 is 0 Å². The molecule has 3 aromatic heterocycles. The first-order valence-electron chi connectivity index (χ1n) is 28.0. The van der Waals surface area contributed by atoms with E-state index in [9.17, 15) is 111 Å². The van der Waals surface area contributed by atoms with Gasteiger partial charge in [-0.3, -0.25) is 0 Å². The minimum absolute atomic E-state index is 0.00807. The lowest BCUT2D eigenvalue weighted by Gasteiger charge is -2.19. The lowest BCUT2D eigenvalue weighted by molar-refractivity contribution is -0.144. The molecule has 0 amide bonds. The molecule has 0 saturated heterocycles. The highest BCUT2D eigenvalue weighted by molar-refractivity contribution is 6.13. The number of rotatable bonds is 7. The third-order valence-corrected chi connectivity index (χ3v) is 16.0. The van der Waals surface area contributed by atoms with Crippen molar-refractivity contribution in [1.29, 1.82) is 5.26 Å². The molecule has 502 valence electrons. The maximum absolute atomic E-state index is 14.4. The molecule has 0 N–H and O–H groups in total. The van der Waals surface area contributed by atoms with E-state index < -0.39 is 144 Å². The fourth-order valence-electron chi connectivity index (χ4n) is 11.7. The molecule has 9 aromatic carbocycles. The summed E-state index contributed by atoms with van der Waals surface area (Å²) in [5.74, 6) is -0.542. The van der Waals surface area contributed by atoms with E-state index in [-0.39, 0.29) is 102 Å². The van der Waals surface area contributed by atoms with Crippen molar-refractivity contribution in [2.75, 3.05) is 0 Å². The molecule has 0 bridgehead atoms. The Balaban J connectivity index is 1.23. The zero-order valence-electron chi connectivity index (χ0n) is 48.8. The molecule has 3 heterocycles. The van der Waals surface area contributed by atoms with Gasteiger partial charge in [-0.15, -0.1) is 0 Å². The number of aromatic nitrogens is 5. The molecule has 6 nitrogen and oxygen atoms in total. The normalized spacial score (nSPS) is 13.2. The number of nitrogens with zero attached hydrogens (tertiary/aromatic N) is 6. The lowest BCUT2D eigenvalue weighted by atomic mass is 9.97. The van der Waals surface area contributed by atoms with Crippen molar-refractivity contribution in [2.24, 2.45) is 0 Å². The number of aryl methyl sites for hydroxylation is 2. The van der Waals surface area contributed by atoms with Gasteiger partial charge in [-0.2, -0.15) is 111 Å². The lowest BCUT2D eigenvalue weighted by Crippen LogP contribution is -2.11. The van der Waals surface area contributed by atoms with Crippen LogP contribution in [-0.4, -0.2) is 24.1 Å². The minimum atomic E-state index is -5.39. The average molecular weight is 1390 g/mol. The number of nitriles is 1. The molecule has 0 aliphatic carbocycles. The SMILES string of the molecule is Cc1nc(C)nc(-c2cc(-n3c4cc(-c5cc(C(F)(F)F)cc(C(F)(F)F)c5)ccc4c4ccc(-c5cc(C(F)(F)F)cc(C(F)(F)F)c5)cc43)c(C#N)cc2-n2c3cc(-c4cc(C(F)(F)F)cc(C(F)(F)F)c4)ccc3c3ccc(-c4cc(C(F)(F)F)cc(C(F)(F)F)c4)cc32)n1. The number of fused-ring (bicyclic) bond motifs is 6. The van der Waals surface area contributed by atoms with Crippen LogP contribution in [0.5, 0.6) is 0 Å². The molecule has 0 radical (unpaired) electrons. The number of alkyl halides is 24. The maximum atomic E-state index is 14.4. The summed E-state index contributed by atoms with van der Waals surface area (Å²) in [7, 11) is 0. The third kappa shape index (κ3) is 12.6. The topological polar surface area (TPSA) is 72.3 Å². The second-order valence-electron chi connectivity index (χ2n) is 22.5. The first kappa shape index (κ1) is 67.4. The monoisotopic (exact) mass is 1390 g/mol. The smallest absolute Gasteiger partial charge is 0.308 e. The standard InChI is InChI=1S/C68H32F24N6/c1-30-94-31(2)96-60(95-30)53-28-54(97-55-19-32(36-11-41(61(69,70)71)24-42(12-36)62(72,73)74)3-7-49(55)50-8-4-33(20-56(50)97)37-13-43(63(75,76)77)25-44(14-37)64(78,79)80)40(29-93)23-59(53)98-57-21-34(38-15-45(65(81,82)83)26-46(16-38)66(84,85)86)5-9-51(57)52-10-6-35(22-58(52)98)39-17-47(67(87,88)89)27-48(18-39)68(90,91)92/h3-28H,1-2H3. The van der Waals surface area contributed by atoms with Crippen LogP contribution in [0.1, 0.15) is 61.7 Å². The van der Waals surface area contributed by atoms with Gasteiger partial charge >= 0.3 is 49.4 Å². The van der Waals surface area contributed by atoms with Crippen molar-refractivity contribution in [3.63, 3.8) is 0 Å². The van der Waals surface area contributed by atoms with Crippen molar-refractivity contribution in [3.05, 3.63) is 219 Å². The van der Waals surface area contributed by atoms with E-state index in [1.807, 2.05) is 6.07 Å². The molecule has 0 unspecified atom stereocenters. The molecule has 0 aliphatic rings. The van der Waals surface area contributed by atoms with Gasteiger partial charge in [0.25, 0.3) is 0 Å². The Morgan fingerprint density at radius 1 is 0.276 bits per heavy atom. The van der Waals surface area contributed by atoms with Gasteiger partial charge in [-0.25, -0.2) is 15.0 Å². The highest BCUT2D eigenvalue weighted by Gasteiger charge is 2.42. The fourth-order valence-corrected chi connectivity index (χ4v) is 11.7. The Kier molecular flexibility index (Phi) is 15.6. The van der Waals surface area contributed by atoms with E-state index in [1.165, 1.54) is 38.1 Å². The molecular formula is C68H32F24N6. The number of hydrogen-bond acceptors (Lipinski definition) is 4. The largest absolute Gasteiger partial charge is 0.416 e. The van der Waals surface area contributed by atoms with E-state index in [0.717, 1.165) is 69.8 Å². The zero-order valence-corrected chi connectivity index (χ0v) is 48.8. The van der Waals surface area contributed by atoms with Crippen LogP contribution in [0.4, 0.5) is 105 Å². The summed E-state index contributed by atoms with van der Waals surface area (Å²) in [6.45, 7) is 2.70. The minimum Gasteiger partial charge on any atom is -0.308 e. The van der Waals surface area contributed by atoms with Crippen molar-refractivity contribution >= 4 is 43.6 Å². The number of hydrogen-bond donors (Lipinski definition) is 0. The van der Waals surface area contributed by atoms with E-state index in [4.69, 9.17) is 0 Å². The Bertz CT molecular complexity index is 4900. The van der Waals surface area contributed by atoms with E-state index in [0.29, 0.717) is 48.5 Å². The van der Waals surface area contributed by atoms with Gasteiger partial charge in [0.2, 0.25) is 0 Å². The van der Waals surface area contributed by atoms with Crippen molar-refractivity contribution in [2.45, 2.75) is 63.3 Å². The third-order valence-electron chi connectivity index (χ3n) is 16.0. The van der Waals surface area contributed by atoms with Crippen molar-refractivity contribution < 1.29 is 105 Å². The summed E-state index contributed by atoms with van der Waals surface area (Å²) in [5.41, 5.74) is -21.2. The molecule has 0 saturated carbocycles. The van der Waals surface area contributed by atoms with Gasteiger partial charge in [0.15, 0.2) is 5.82 Å². The Morgan fingerprint density at radius 3 is 0.735 bits per heavy atom. The van der Waals surface area contributed by atoms with Gasteiger partial charge in [0, 0.05) is 27.1 Å². The highest BCUT2D eigenvalue weighted by Crippen LogP contribution is 2.49. The first-order chi connectivity index (χ1) is 45.3. The Labute approximate surface area is 532 Å². The summed E-state index contributed by atoms with van der Waals surface area (Å²) in [6, 6.07) is 19.9. The summed E-state index contributed by atoms with van der Waals surface area (Å²) in [5, 5.41) is 11.5. The van der Waals surface area contributed by atoms with Gasteiger partial charge in [-0.1, -0.05) is 48.5 Å². The summed E-state index contributed by atoms with van der Waals surface area (Å²) < 4.78 is 349. The summed E-state index contributed by atoms with van der Waals surface area (Å²) in [6.07, 6.45) is -43.1. The van der Waals surface area contributed by atoms with Crippen LogP contribution in [0.3, 0.4) is 0 Å².